The summed E-state index contributed by atoms with van der Waals surface area (Å²) < 4.78 is 94.7. The number of halogens is 4. The summed E-state index contributed by atoms with van der Waals surface area (Å²) in [6.45, 7) is 2.84. The number of aromatic nitrogens is 4. The fourth-order valence-corrected chi connectivity index (χ4v) is 6.93. The molecule has 38 heavy (non-hydrogen) atoms. The van der Waals surface area contributed by atoms with E-state index in [9.17, 15) is 26.0 Å². The van der Waals surface area contributed by atoms with Gasteiger partial charge in [-0.15, -0.1) is 10.2 Å². The van der Waals surface area contributed by atoms with E-state index >= 15 is 0 Å². The number of ether oxygens (including phenoxy) is 2. The molecule has 6 heterocycles. The third-order valence-corrected chi connectivity index (χ3v) is 9.44. The Morgan fingerprint density at radius 3 is 2.63 bits per heavy atom. The van der Waals surface area contributed by atoms with Crippen molar-refractivity contribution in [2.45, 2.75) is 29.3 Å². The number of hydrogen-bond acceptors (Lipinski definition) is 10. The van der Waals surface area contributed by atoms with Gasteiger partial charge in [0, 0.05) is 32.4 Å². The van der Waals surface area contributed by atoms with Crippen LogP contribution in [-0.4, -0.2) is 104 Å². The number of anilines is 1. The van der Waals surface area contributed by atoms with E-state index in [1.165, 1.54) is 22.9 Å². The van der Waals surface area contributed by atoms with E-state index in [4.69, 9.17) is 9.47 Å². The van der Waals surface area contributed by atoms with E-state index in [0.717, 1.165) is 6.54 Å². The summed E-state index contributed by atoms with van der Waals surface area (Å²) >= 11 is 0.659. The topological polar surface area (TPSA) is 114 Å². The fourth-order valence-electron chi connectivity index (χ4n) is 4.85. The van der Waals surface area contributed by atoms with Gasteiger partial charge in [-0.3, -0.25) is 9.30 Å². The van der Waals surface area contributed by atoms with Crippen molar-refractivity contribution in [1.29, 1.82) is 0 Å². The van der Waals surface area contributed by atoms with Gasteiger partial charge in [-0.1, -0.05) is 11.3 Å². The summed E-state index contributed by atoms with van der Waals surface area (Å²) in [6, 6.07) is 1.48. The molecule has 0 amide bonds. The number of sulfonamides is 1. The highest BCUT2D eigenvalue weighted by molar-refractivity contribution is 7.89. The van der Waals surface area contributed by atoms with Crippen molar-refractivity contribution in [3.63, 3.8) is 0 Å². The highest BCUT2D eigenvalue weighted by Gasteiger charge is 2.50. The molecule has 3 saturated heterocycles. The maximum absolute atomic E-state index is 13.7. The van der Waals surface area contributed by atoms with Crippen LogP contribution >= 0.6 is 11.3 Å². The first-order valence-electron chi connectivity index (χ1n) is 11.8. The van der Waals surface area contributed by atoms with Gasteiger partial charge in [-0.05, 0) is 6.07 Å². The molecule has 0 saturated carbocycles. The third kappa shape index (κ3) is 4.44. The van der Waals surface area contributed by atoms with E-state index in [0.29, 0.717) is 55.5 Å². The quantitative estimate of drug-likeness (QED) is 0.419. The Hall–Kier alpha value is -2.44. The lowest BCUT2D eigenvalue weighted by Gasteiger charge is -2.44. The SMILES string of the molecule is O=S(=O)(NC1(C(F)F)COC1)c1cc(N2CCN3CCOC[C@H]3C2)c2ncc(-c3nnc(C(F)F)s3)n2c1. The second-order valence-corrected chi connectivity index (χ2v) is 12.1. The minimum Gasteiger partial charge on any atom is -0.378 e. The van der Waals surface area contributed by atoms with Crippen LogP contribution in [-0.2, 0) is 19.5 Å². The molecule has 0 aromatic carbocycles. The van der Waals surface area contributed by atoms with Crippen molar-refractivity contribution >= 4 is 32.7 Å². The zero-order valence-corrected chi connectivity index (χ0v) is 21.4. The fraction of sp³-hybridized carbons (Fsp3) is 0.571. The maximum Gasteiger partial charge on any atom is 0.291 e. The van der Waals surface area contributed by atoms with Crippen molar-refractivity contribution in [3.8, 4) is 10.7 Å². The van der Waals surface area contributed by atoms with E-state index < -0.39 is 46.6 Å². The number of piperazine rings is 1. The van der Waals surface area contributed by atoms with Crippen LogP contribution < -0.4 is 9.62 Å². The monoisotopic (exact) mass is 577 g/mol. The molecule has 0 bridgehead atoms. The van der Waals surface area contributed by atoms with Crippen molar-refractivity contribution < 1.29 is 35.5 Å². The number of rotatable bonds is 7. The largest absolute Gasteiger partial charge is 0.378 e. The van der Waals surface area contributed by atoms with Crippen LogP contribution in [0, 0.1) is 0 Å². The van der Waals surface area contributed by atoms with Gasteiger partial charge in [0.1, 0.15) is 16.1 Å². The van der Waals surface area contributed by atoms with Crippen LogP contribution in [0.4, 0.5) is 23.2 Å². The van der Waals surface area contributed by atoms with Crippen LogP contribution in [0.2, 0.25) is 0 Å². The Labute approximate surface area is 218 Å². The van der Waals surface area contributed by atoms with Crippen molar-refractivity contribution in [1.82, 2.24) is 29.2 Å². The molecule has 1 atom stereocenters. The summed E-state index contributed by atoms with van der Waals surface area (Å²) in [6.07, 6.45) is -3.17. The highest BCUT2D eigenvalue weighted by Crippen LogP contribution is 2.35. The third-order valence-electron chi connectivity index (χ3n) is 6.97. The molecule has 3 aliphatic heterocycles. The molecule has 206 valence electrons. The minimum atomic E-state index is -4.46. The number of nitrogens with one attached hydrogen (secondary N) is 1. The number of alkyl halides is 4. The van der Waals surface area contributed by atoms with Gasteiger partial charge >= 0.3 is 0 Å². The Morgan fingerprint density at radius 2 is 1.95 bits per heavy atom. The first kappa shape index (κ1) is 25.8. The zero-order valence-electron chi connectivity index (χ0n) is 19.8. The van der Waals surface area contributed by atoms with E-state index in [1.54, 1.807) is 0 Å². The molecule has 11 nitrogen and oxygen atoms in total. The lowest BCUT2D eigenvalue weighted by atomic mass is 10.0. The minimum absolute atomic E-state index is 0.0800. The Morgan fingerprint density at radius 1 is 1.13 bits per heavy atom. The molecule has 3 aromatic heterocycles. The summed E-state index contributed by atoms with van der Waals surface area (Å²) in [5.74, 6) is 0. The predicted molar refractivity (Wildman–Crippen MR) is 127 cm³/mol. The summed E-state index contributed by atoms with van der Waals surface area (Å²) in [7, 11) is -4.46. The Kier molecular flexibility index (Phi) is 6.55. The second kappa shape index (κ2) is 9.63. The molecular formula is C21H23F4N7O4S2. The van der Waals surface area contributed by atoms with E-state index in [-0.39, 0.29) is 21.6 Å². The van der Waals surface area contributed by atoms with Gasteiger partial charge < -0.3 is 14.4 Å². The molecule has 0 radical (unpaired) electrons. The van der Waals surface area contributed by atoms with Gasteiger partial charge in [-0.2, -0.15) is 4.72 Å². The average Bonchev–Trinajstić information content (AvgIpc) is 3.52. The lowest BCUT2D eigenvalue weighted by Crippen LogP contribution is -2.66. The van der Waals surface area contributed by atoms with Gasteiger partial charge in [0.25, 0.3) is 12.9 Å². The summed E-state index contributed by atoms with van der Waals surface area (Å²) in [4.78, 5) is 8.44. The number of morpholine rings is 1. The summed E-state index contributed by atoms with van der Waals surface area (Å²) in [5.41, 5.74) is -0.951. The van der Waals surface area contributed by atoms with E-state index in [2.05, 4.69) is 24.8 Å². The Balaban J connectivity index is 1.45. The van der Waals surface area contributed by atoms with Gasteiger partial charge in [0.15, 0.2) is 15.7 Å². The average molecular weight is 578 g/mol. The summed E-state index contributed by atoms with van der Waals surface area (Å²) in [5, 5.41) is 6.97. The van der Waals surface area contributed by atoms with Crippen LogP contribution in [0.25, 0.3) is 16.3 Å². The lowest BCUT2D eigenvalue weighted by molar-refractivity contribution is -0.134. The molecule has 3 aliphatic rings. The second-order valence-electron chi connectivity index (χ2n) is 9.41. The first-order chi connectivity index (χ1) is 18.2. The number of imidazole rings is 1. The standard InChI is InChI=1S/C21H23F4N7O4S2/c22-16(23)19-28-27-18(37-19)15-6-26-17-14(31-2-1-30-3-4-35-9-12(30)7-31)5-13(8-32(15)17)38(33,34)29-21(20(24)25)10-36-11-21/h5-6,8,12,16,20,29H,1-4,7,9-11H2/t12-/m1/s1. The van der Waals surface area contributed by atoms with Crippen molar-refractivity contribution in [3.05, 3.63) is 23.5 Å². The number of pyridine rings is 1. The normalized spacial score (nSPS) is 22.3. The Bertz CT molecular complexity index is 1450. The van der Waals surface area contributed by atoms with Crippen LogP contribution in [0.1, 0.15) is 11.4 Å². The van der Waals surface area contributed by atoms with Gasteiger partial charge in [0.2, 0.25) is 10.0 Å². The number of nitrogens with zero attached hydrogens (tertiary/aromatic N) is 6. The number of fused-ring (bicyclic) bond motifs is 2. The molecule has 0 aliphatic carbocycles. The molecule has 0 spiro atoms. The molecule has 17 heteroatoms. The smallest absolute Gasteiger partial charge is 0.291 e. The predicted octanol–water partition coefficient (Wildman–Crippen LogP) is 1.62. The first-order valence-corrected chi connectivity index (χ1v) is 14.1. The van der Waals surface area contributed by atoms with Crippen molar-refractivity contribution in [2.24, 2.45) is 0 Å². The van der Waals surface area contributed by atoms with E-state index in [1.807, 2.05) is 4.90 Å². The molecule has 6 rings (SSSR count). The van der Waals surface area contributed by atoms with Crippen LogP contribution in [0.15, 0.2) is 23.4 Å². The van der Waals surface area contributed by atoms with Crippen LogP contribution in [0.3, 0.4) is 0 Å². The maximum atomic E-state index is 13.7. The van der Waals surface area contributed by atoms with Crippen LogP contribution in [0.5, 0.6) is 0 Å². The highest BCUT2D eigenvalue weighted by atomic mass is 32.2. The molecule has 3 fully saturated rings. The van der Waals surface area contributed by atoms with Gasteiger partial charge in [0.05, 0.1) is 44.4 Å². The number of hydrogen-bond donors (Lipinski definition) is 1. The molecule has 3 aromatic rings. The molecule has 1 N–H and O–H groups in total. The molecular weight excluding hydrogens is 554 g/mol. The van der Waals surface area contributed by atoms with Gasteiger partial charge in [-0.25, -0.2) is 31.0 Å². The zero-order chi connectivity index (χ0) is 26.7. The molecule has 0 unspecified atom stereocenters. The van der Waals surface area contributed by atoms with Crippen molar-refractivity contribution in [2.75, 3.05) is 57.5 Å².